The fourth-order valence-electron chi connectivity index (χ4n) is 2.14. The molecule has 1 aliphatic heterocycles. The average Bonchev–Trinajstić information content (AvgIpc) is 2.74. The molecule has 0 radical (unpaired) electrons. The molecule has 1 saturated heterocycles. The van der Waals surface area contributed by atoms with Crippen LogP contribution in [0.25, 0.3) is 0 Å². The number of carboxylic acid groups (broad SMARTS) is 1. The summed E-state index contributed by atoms with van der Waals surface area (Å²) in [6, 6.07) is 2.95. The Labute approximate surface area is 93.7 Å². The van der Waals surface area contributed by atoms with Gasteiger partial charge in [-0.25, -0.2) is 0 Å². The van der Waals surface area contributed by atoms with Crippen LogP contribution in [-0.4, -0.2) is 45.3 Å². The number of nitrogens with zero attached hydrogens (tertiary/aromatic N) is 1. The molecule has 3 N–H and O–H groups in total. The average molecular weight is 224 g/mol. The van der Waals surface area contributed by atoms with Crippen LogP contribution in [0.5, 0.6) is 0 Å². The second kappa shape index (κ2) is 4.67. The summed E-state index contributed by atoms with van der Waals surface area (Å²) in [6.45, 7) is 1.24. The molecule has 0 aliphatic carbocycles. The van der Waals surface area contributed by atoms with E-state index in [4.69, 9.17) is 0 Å². The highest BCUT2D eigenvalue weighted by molar-refractivity contribution is 5.74. The van der Waals surface area contributed by atoms with Crippen molar-refractivity contribution < 1.29 is 15.0 Å². The van der Waals surface area contributed by atoms with Crippen molar-refractivity contribution in [2.24, 2.45) is 0 Å². The van der Waals surface area contributed by atoms with E-state index in [-0.39, 0.29) is 6.10 Å². The Balaban J connectivity index is 2.11. The third kappa shape index (κ3) is 2.25. The first-order chi connectivity index (χ1) is 7.68. The minimum Gasteiger partial charge on any atom is -0.480 e. The molecular weight excluding hydrogens is 208 g/mol. The van der Waals surface area contributed by atoms with E-state index in [0.29, 0.717) is 31.6 Å². The minimum absolute atomic E-state index is 0.283. The van der Waals surface area contributed by atoms with Crippen molar-refractivity contribution in [3.63, 3.8) is 0 Å². The maximum absolute atomic E-state index is 11.3. The summed E-state index contributed by atoms with van der Waals surface area (Å²) in [5.41, 5.74) is 0.698. The van der Waals surface area contributed by atoms with Crippen LogP contribution in [0.15, 0.2) is 18.3 Å². The standard InChI is InChI=1S/C11H16N2O3/c14-8-3-6-13(7-4-8)10(11(15)16)9-2-1-5-12-9/h1-2,5,8,10,12,14H,3-4,6-7H2,(H,15,16). The maximum atomic E-state index is 11.3. The summed E-state index contributed by atoms with van der Waals surface area (Å²) in [7, 11) is 0. The van der Waals surface area contributed by atoms with E-state index >= 15 is 0 Å². The van der Waals surface area contributed by atoms with Gasteiger partial charge in [-0.05, 0) is 25.0 Å². The Kier molecular flexibility index (Phi) is 3.26. The summed E-state index contributed by atoms with van der Waals surface area (Å²) < 4.78 is 0. The van der Waals surface area contributed by atoms with Crippen LogP contribution >= 0.6 is 0 Å². The van der Waals surface area contributed by atoms with E-state index < -0.39 is 12.0 Å². The molecule has 2 rings (SSSR count). The number of piperidine rings is 1. The number of hydrogen-bond acceptors (Lipinski definition) is 3. The highest BCUT2D eigenvalue weighted by Crippen LogP contribution is 2.23. The molecule has 16 heavy (non-hydrogen) atoms. The molecule has 1 aromatic rings. The molecule has 1 unspecified atom stereocenters. The molecule has 5 nitrogen and oxygen atoms in total. The third-order valence-electron chi connectivity index (χ3n) is 3.01. The van der Waals surface area contributed by atoms with Gasteiger partial charge in [0.15, 0.2) is 0 Å². The first kappa shape index (κ1) is 11.2. The topological polar surface area (TPSA) is 76.6 Å². The smallest absolute Gasteiger partial charge is 0.327 e. The van der Waals surface area contributed by atoms with Gasteiger partial charge in [-0.3, -0.25) is 9.69 Å². The molecule has 88 valence electrons. The van der Waals surface area contributed by atoms with Crippen LogP contribution in [0.2, 0.25) is 0 Å². The lowest BCUT2D eigenvalue weighted by Crippen LogP contribution is -2.41. The number of likely N-dealkylation sites (tertiary alicyclic amines) is 1. The van der Waals surface area contributed by atoms with E-state index in [1.807, 2.05) is 4.90 Å². The Hall–Kier alpha value is -1.33. The highest BCUT2D eigenvalue weighted by Gasteiger charge is 2.30. The van der Waals surface area contributed by atoms with E-state index in [1.54, 1.807) is 18.3 Å². The van der Waals surface area contributed by atoms with Crippen LogP contribution < -0.4 is 0 Å². The van der Waals surface area contributed by atoms with Crippen molar-refractivity contribution in [3.05, 3.63) is 24.0 Å². The first-order valence-corrected chi connectivity index (χ1v) is 5.46. The van der Waals surface area contributed by atoms with Crippen LogP contribution in [0.1, 0.15) is 24.6 Å². The second-order valence-corrected chi connectivity index (χ2v) is 4.13. The van der Waals surface area contributed by atoms with Gasteiger partial charge in [-0.1, -0.05) is 0 Å². The van der Waals surface area contributed by atoms with Gasteiger partial charge in [0, 0.05) is 25.0 Å². The van der Waals surface area contributed by atoms with Crippen LogP contribution in [0, 0.1) is 0 Å². The number of aliphatic hydroxyl groups excluding tert-OH is 1. The van der Waals surface area contributed by atoms with E-state index in [1.165, 1.54) is 0 Å². The lowest BCUT2D eigenvalue weighted by molar-refractivity contribution is -0.144. The van der Waals surface area contributed by atoms with E-state index in [2.05, 4.69) is 4.98 Å². The van der Waals surface area contributed by atoms with Crippen molar-refractivity contribution >= 4 is 5.97 Å². The molecule has 0 aromatic carbocycles. The normalized spacial score (nSPS) is 20.8. The molecule has 2 heterocycles. The SMILES string of the molecule is O=C(O)C(c1ccc[nH]1)N1CCC(O)CC1. The zero-order valence-corrected chi connectivity index (χ0v) is 8.97. The summed E-state index contributed by atoms with van der Waals surface area (Å²) in [6.07, 6.45) is 2.73. The van der Waals surface area contributed by atoms with Gasteiger partial charge in [-0.15, -0.1) is 0 Å². The number of H-pyrrole nitrogens is 1. The number of aromatic amines is 1. The molecular formula is C11H16N2O3. The number of hydrogen-bond donors (Lipinski definition) is 3. The van der Waals surface area contributed by atoms with Crippen LogP contribution in [0.4, 0.5) is 0 Å². The summed E-state index contributed by atoms with van der Waals surface area (Å²) in [5, 5.41) is 18.6. The zero-order valence-electron chi connectivity index (χ0n) is 8.97. The number of aromatic nitrogens is 1. The monoisotopic (exact) mass is 224 g/mol. The number of rotatable bonds is 3. The van der Waals surface area contributed by atoms with Gasteiger partial charge in [0.1, 0.15) is 6.04 Å². The lowest BCUT2D eigenvalue weighted by Gasteiger charge is -2.33. The molecule has 0 spiro atoms. The molecule has 1 aromatic heterocycles. The fourth-order valence-corrected chi connectivity index (χ4v) is 2.14. The summed E-state index contributed by atoms with van der Waals surface area (Å²) >= 11 is 0. The second-order valence-electron chi connectivity index (χ2n) is 4.13. The predicted octanol–water partition coefficient (Wildman–Crippen LogP) is 0.597. The van der Waals surface area contributed by atoms with Crippen molar-refractivity contribution in [1.82, 2.24) is 9.88 Å². The van der Waals surface area contributed by atoms with Gasteiger partial charge in [0.05, 0.1) is 6.10 Å². The third-order valence-corrected chi connectivity index (χ3v) is 3.01. The Morgan fingerprint density at radius 1 is 1.50 bits per heavy atom. The Bertz CT molecular complexity index is 342. The number of carbonyl (C=O) groups is 1. The Morgan fingerprint density at radius 3 is 2.69 bits per heavy atom. The lowest BCUT2D eigenvalue weighted by atomic mass is 10.0. The van der Waals surface area contributed by atoms with Crippen molar-refractivity contribution in [2.75, 3.05) is 13.1 Å². The van der Waals surface area contributed by atoms with Gasteiger partial charge >= 0.3 is 5.97 Å². The summed E-state index contributed by atoms with van der Waals surface area (Å²) in [5.74, 6) is -0.848. The Morgan fingerprint density at radius 2 is 2.19 bits per heavy atom. The highest BCUT2D eigenvalue weighted by atomic mass is 16.4. The van der Waals surface area contributed by atoms with Gasteiger partial charge in [0.2, 0.25) is 0 Å². The molecule has 1 atom stereocenters. The maximum Gasteiger partial charge on any atom is 0.327 e. The minimum atomic E-state index is -0.848. The number of nitrogens with one attached hydrogen (secondary N) is 1. The molecule has 1 aliphatic rings. The van der Waals surface area contributed by atoms with Gasteiger partial charge in [0.25, 0.3) is 0 Å². The zero-order chi connectivity index (χ0) is 11.5. The quantitative estimate of drug-likeness (QED) is 0.702. The van der Waals surface area contributed by atoms with E-state index in [9.17, 15) is 15.0 Å². The van der Waals surface area contributed by atoms with Crippen LogP contribution in [0.3, 0.4) is 0 Å². The molecule has 1 fully saturated rings. The largest absolute Gasteiger partial charge is 0.480 e. The summed E-state index contributed by atoms with van der Waals surface area (Å²) in [4.78, 5) is 16.1. The molecule has 0 saturated carbocycles. The number of aliphatic carboxylic acids is 1. The van der Waals surface area contributed by atoms with Crippen molar-refractivity contribution in [2.45, 2.75) is 25.0 Å². The first-order valence-electron chi connectivity index (χ1n) is 5.46. The van der Waals surface area contributed by atoms with Gasteiger partial charge in [-0.2, -0.15) is 0 Å². The molecule has 0 bridgehead atoms. The van der Waals surface area contributed by atoms with Gasteiger partial charge < -0.3 is 15.2 Å². The molecule has 0 amide bonds. The van der Waals surface area contributed by atoms with E-state index in [0.717, 1.165) is 0 Å². The number of carboxylic acids is 1. The fraction of sp³-hybridized carbons (Fsp3) is 0.545. The van der Waals surface area contributed by atoms with Crippen molar-refractivity contribution in [1.29, 1.82) is 0 Å². The van der Waals surface area contributed by atoms with Crippen molar-refractivity contribution in [3.8, 4) is 0 Å². The molecule has 5 heteroatoms. The number of aliphatic hydroxyl groups is 1. The predicted molar refractivity (Wildman–Crippen MR) is 58.0 cm³/mol. The van der Waals surface area contributed by atoms with Crippen LogP contribution in [-0.2, 0) is 4.79 Å².